The van der Waals surface area contributed by atoms with Crippen molar-refractivity contribution in [1.82, 2.24) is 10.2 Å². The third-order valence-electron chi connectivity index (χ3n) is 3.13. The van der Waals surface area contributed by atoms with Gasteiger partial charge in [-0.2, -0.15) is 0 Å². The van der Waals surface area contributed by atoms with E-state index < -0.39 is 5.97 Å². The summed E-state index contributed by atoms with van der Waals surface area (Å²) in [6.07, 6.45) is 0. The monoisotopic (exact) mass is 312 g/mol. The Morgan fingerprint density at radius 3 is 2.74 bits per heavy atom. The number of hydrogen-bond donors (Lipinski definition) is 0. The maximum atomic E-state index is 13.1. The summed E-state index contributed by atoms with van der Waals surface area (Å²) in [5.41, 5.74) is 1.57. The van der Waals surface area contributed by atoms with Gasteiger partial charge in [-0.05, 0) is 35.9 Å². The summed E-state index contributed by atoms with van der Waals surface area (Å²) in [4.78, 5) is 12.1. The lowest BCUT2D eigenvalue weighted by atomic mass is 10.1. The Kier molecular flexibility index (Phi) is 4.14. The number of benzene rings is 2. The highest BCUT2D eigenvalue weighted by Gasteiger charge is 2.12. The molecule has 0 atom stereocenters. The van der Waals surface area contributed by atoms with Crippen molar-refractivity contribution in [1.29, 1.82) is 0 Å². The first-order valence-corrected chi connectivity index (χ1v) is 6.94. The van der Waals surface area contributed by atoms with Crippen LogP contribution in [-0.4, -0.2) is 16.2 Å². The molecule has 1 aromatic heterocycles. The molecule has 0 aliphatic carbocycles. The van der Waals surface area contributed by atoms with Crippen LogP contribution < -0.4 is 0 Å². The number of halogens is 1. The van der Waals surface area contributed by atoms with Crippen LogP contribution in [0, 0.1) is 12.7 Å². The molecule has 2 aromatic carbocycles. The summed E-state index contributed by atoms with van der Waals surface area (Å²) in [5, 5.41) is 7.66. The highest BCUT2D eigenvalue weighted by atomic mass is 19.1. The Bertz CT molecular complexity index is 845. The Labute approximate surface area is 131 Å². The van der Waals surface area contributed by atoms with Gasteiger partial charge in [-0.3, -0.25) is 0 Å². The second-order valence-corrected chi connectivity index (χ2v) is 4.91. The zero-order chi connectivity index (χ0) is 16.2. The van der Waals surface area contributed by atoms with E-state index in [1.807, 2.05) is 0 Å². The Balaban J connectivity index is 1.72. The van der Waals surface area contributed by atoms with Gasteiger partial charge in [0.1, 0.15) is 12.4 Å². The fourth-order valence-corrected chi connectivity index (χ4v) is 2.05. The summed E-state index contributed by atoms with van der Waals surface area (Å²) in [6.45, 7) is 1.69. The summed E-state index contributed by atoms with van der Waals surface area (Å²) < 4.78 is 23.6. The van der Waals surface area contributed by atoms with E-state index in [0.717, 1.165) is 0 Å². The number of esters is 1. The first kappa shape index (κ1) is 14.9. The van der Waals surface area contributed by atoms with Crippen LogP contribution in [0.25, 0.3) is 11.5 Å². The van der Waals surface area contributed by atoms with Gasteiger partial charge in [0.2, 0.25) is 11.8 Å². The molecule has 3 aromatic rings. The number of rotatable bonds is 4. The highest BCUT2D eigenvalue weighted by Crippen LogP contribution is 2.19. The van der Waals surface area contributed by atoms with E-state index in [0.29, 0.717) is 28.5 Å². The van der Waals surface area contributed by atoms with Crippen molar-refractivity contribution in [3.05, 3.63) is 71.4 Å². The lowest BCUT2D eigenvalue weighted by Gasteiger charge is -2.06. The van der Waals surface area contributed by atoms with E-state index in [-0.39, 0.29) is 12.4 Å². The maximum Gasteiger partial charge on any atom is 0.338 e. The molecule has 0 unspecified atom stereocenters. The van der Waals surface area contributed by atoms with E-state index in [1.165, 1.54) is 12.1 Å². The predicted octanol–water partition coefficient (Wildman–Crippen LogP) is 3.54. The minimum absolute atomic E-state index is 0.000483. The van der Waals surface area contributed by atoms with Crippen LogP contribution in [0.2, 0.25) is 0 Å². The number of carbonyl (C=O) groups excluding carboxylic acids is 1. The molecule has 23 heavy (non-hydrogen) atoms. The number of carbonyl (C=O) groups is 1. The van der Waals surface area contributed by atoms with E-state index >= 15 is 0 Å². The van der Waals surface area contributed by atoms with Crippen molar-refractivity contribution >= 4 is 5.97 Å². The molecule has 0 amide bonds. The molecule has 3 rings (SSSR count). The van der Waals surface area contributed by atoms with E-state index in [2.05, 4.69) is 10.2 Å². The topological polar surface area (TPSA) is 65.2 Å². The minimum Gasteiger partial charge on any atom is -0.457 e. The van der Waals surface area contributed by atoms with Crippen molar-refractivity contribution in [3.8, 4) is 11.5 Å². The molecule has 0 aliphatic heterocycles. The highest BCUT2D eigenvalue weighted by molar-refractivity contribution is 5.90. The summed E-state index contributed by atoms with van der Waals surface area (Å²) in [6, 6.07) is 12.6. The number of nitrogens with zero attached hydrogens (tertiary/aromatic N) is 2. The van der Waals surface area contributed by atoms with Crippen LogP contribution in [0.1, 0.15) is 21.8 Å². The van der Waals surface area contributed by atoms with Crippen molar-refractivity contribution in [2.75, 3.05) is 0 Å². The largest absolute Gasteiger partial charge is 0.457 e. The van der Waals surface area contributed by atoms with Gasteiger partial charge >= 0.3 is 5.97 Å². The quantitative estimate of drug-likeness (QED) is 0.689. The van der Waals surface area contributed by atoms with Gasteiger partial charge in [-0.15, -0.1) is 10.2 Å². The smallest absolute Gasteiger partial charge is 0.338 e. The SMILES string of the molecule is Cc1nnc(-c2cccc(C(=O)OCc3cccc(F)c3)c2)o1. The lowest BCUT2D eigenvalue weighted by molar-refractivity contribution is 0.0472. The van der Waals surface area contributed by atoms with Gasteiger partial charge in [-0.1, -0.05) is 18.2 Å². The molecule has 0 spiro atoms. The molecule has 116 valence electrons. The Morgan fingerprint density at radius 2 is 2.00 bits per heavy atom. The second kappa shape index (κ2) is 6.39. The maximum absolute atomic E-state index is 13.1. The van der Waals surface area contributed by atoms with Crippen molar-refractivity contribution < 1.29 is 18.3 Å². The van der Waals surface area contributed by atoms with E-state index in [4.69, 9.17) is 9.15 Å². The van der Waals surface area contributed by atoms with Crippen LogP contribution in [0.15, 0.2) is 52.9 Å². The average Bonchev–Trinajstić information content (AvgIpc) is 2.99. The molecule has 1 heterocycles. The molecule has 0 aliphatic rings. The van der Waals surface area contributed by atoms with Crippen LogP contribution in [0.5, 0.6) is 0 Å². The molecule has 0 fully saturated rings. The third kappa shape index (κ3) is 3.60. The van der Waals surface area contributed by atoms with Gasteiger partial charge in [-0.25, -0.2) is 9.18 Å². The standard InChI is InChI=1S/C17H13FN2O3/c1-11-19-20-16(23-11)13-5-3-6-14(9-13)17(21)22-10-12-4-2-7-15(18)8-12/h2-9H,10H2,1H3. The minimum atomic E-state index is -0.507. The Hall–Kier alpha value is -3.02. The fourth-order valence-electron chi connectivity index (χ4n) is 2.05. The predicted molar refractivity (Wildman–Crippen MR) is 80.0 cm³/mol. The zero-order valence-electron chi connectivity index (χ0n) is 12.3. The number of ether oxygens (including phenoxy) is 1. The van der Waals surface area contributed by atoms with Gasteiger partial charge in [0.05, 0.1) is 5.56 Å². The zero-order valence-corrected chi connectivity index (χ0v) is 12.3. The molecular weight excluding hydrogens is 299 g/mol. The third-order valence-corrected chi connectivity index (χ3v) is 3.13. The summed E-state index contributed by atoms with van der Waals surface area (Å²) in [7, 11) is 0. The van der Waals surface area contributed by atoms with Crippen LogP contribution in [0.3, 0.4) is 0 Å². The molecule has 0 saturated carbocycles. The average molecular weight is 312 g/mol. The van der Waals surface area contributed by atoms with Crippen molar-refractivity contribution in [2.45, 2.75) is 13.5 Å². The summed E-state index contributed by atoms with van der Waals surface area (Å²) >= 11 is 0. The normalized spacial score (nSPS) is 10.5. The number of aryl methyl sites for hydroxylation is 1. The number of hydrogen-bond acceptors (Lipinski definition) is 5. The van der Waals surface area contributed by atoms with Gasteiger partial charge in [0, 0.05) is 12.5 Å². The van der Waals surface area contributed by atoms with Crippen LogP contribution >= 0.6 is 0 Å². The van der Waals surface area contributed by atoms with Gasteiger partial charge < -0.3 is 9.15 Å². The molecule has 0 N–H and O–H groups in total. The van der Waals surface area contributed by atoms with Gasteiger partial charge in [0.15, 0.2) is 0 Å². The first-order valence-electron chi connectivity index (χ1n) is 6.94. The van der Waals surface area contributed by atoms with E-state index in [9.17, 15) is 9.18 Å². The van der Waals surface area contributed by atoms with Crippen LogP contribution in [0.4, 0.5) is 4.39 Å². The molecule has 0 saturated heterocycles. The van der Waals surface area contributed by atoms with Gasteiger partial charge in [0.25, 0.3) is 0 Å². The first-order chi connectivity index (χ1) is 11.1. The molecule has 0 bridgehead atoms. The molecule has 5 nitrogen and oxygen atoms in total. The van der Waals surface area contributed by atoms with Crippen molar-refractivity contribution in [2.24, 2.45) is 0 Å². The lowest BCUT2D eigenvalue weighted by Crippen LogP contribution is -2.05. The Morgan fingerprint density at radius 1 is 1.17 bits per heavy atom. The fraction of sp³-hybridized carbons (Fsp3) is 0.118. The van der Waals surface area contributed by atoms with Crippen molar-refractivity contribution in [3.63, 3.8) is 0 Å². The van der Waals surface area contributed by atoms with E-state index in [1.54, 1.807) is 43.3 Å². The number of aromatic nitrogens is 2. The molecular formula is C17H13FN2O3. The summed E-state index contributed by atoms with van der Waals surface area (Å²) in [5.74, 6) is -0.0963. The molecule has 6 heteroatoms. The van der Waals surface area contributed by atoms with Crippen LogP contribution in [-0.2, 0) is 11.3 Å². The second-order valence-electron chi connectivity index (χ2n) is 4.91. The molecule has 0 radical (unpaired) electrons.